The molecule has 0 aliphatic rings. The van der Waals surface area contributed by atoms with E-state index in [1.165, 1.54) is 0 Å². The molecule has 2 aromatic rings. The van der Waals surface area contributed by atoms with Gasteiger partial charge in [0, 0.05) is 0 Å². The van der Waals surface area contributed by atoms with Crippen molar-refractivity contribution in [3.63, 3.8) is 0 Å². The van der Waals surface area contributed by atoms with E-state index in [0.29, 0.717) is 0 Å². The van der Waals surface area contributed by atoms with Crippen LogP contribution < -0.4 is 10.6 Å². The minimum Gasteiger partial charge on any atom is -0.474 e. The van der Waals surface area contributed by atoms with Crippen molar-refractivity contribution in [3.8, 4) is 0 Å². The highest BCUT2D eigenvalue weighted by Crippen LogP contribution is 2.20. The molecule has 0 radical (unpaired) electrons. The van der Waals surface area contributed by atoms with Crippen molar-refractivity contribution in [2.24, 2.45) is 0 Å². The molecule has 10 heteroatoms. The summed E-state index contributed by atoms with van der Waals surface area (Å²) in [7, 11) is 0. The molecule has 0 aliphatic carbocycles. The minimum absolute atomic E-state index is 0.0502. The van der Waals surface area contributed by atoms with Gasteiger partial charge in [0.2, 0.25) is 10.3 Å². The SMILES string of the molecule is O=C(Nc1nnc(NC(=O)C(=O)O)s1)OCc1ccccc1. The molecule has 1 aromatic carbocycles. The quantitative estimate of drug-likeness (QED) is 0.723. The summed E-state index contributed by atoms with van der Waals surface area (Å²) in [5, 5.41) is 19.9. The summed E-state index contributed by atoms with van der Waals surface area (Å²) in [5.74, 6) is -2.89. The maximum Gasteiger partial charge on any atom is 0.413 e. The number of carbonyl (C=O) groups excluding carboxylic acids is 2. The summed E-state index contributed by atoms with van der Waals surface area (Å²) in [6.07, 6.45) is -0.740. The Kier molecular flexibility index (Phi) is 4.98. The second-order valence-electron chi connectivity index (χ2n) is 3.86. The van der Waals surface area contributed by atoms with Crippen LogP contribution in [0.4, 0.5) is 15.1 Å². The number of ether oxygens (including phenoxy) is 1. The van der Waals surface area contributed by atoms with E-state index in [-0.39, 0.29) is 16.9 Å². The maximum absolute atomic E-state index is 11.5. The molecular formula is C12H10N4O5S. The lowest BCUT2D eigenvalue weighted by Gasteiger charge is -2.04. The van der Waals surface area contributed by atoms with Crippen molar-refractivity contribution in [2.75, 3.05) is 10.6 Å². The van der Waals surface area contributed by atoms with Gasteiger partial charge < -0.3 is 9.84 Å². The van der Waals surface area contributed by atoms with E-state index in [4.69, 9.17) is 9.84 Å². The van der Waals surface area contributed by atoms with Crippen LogP contribution in [-0.2, 0) is 20.9 Å². The Morgan fingerprint density at radius 3 is 2.36 bits per heavy atom. The Balaban J connectivity index is 1.83. The molecule has 22 heavy (non-hydrogen) atoms. The van der Waals surface area contributed by atoms with E-state index < -0.39 is 18.0 Å². The lowest BCUT2D eigenvalue weighted by molar-refractivity contribution is -0.147. The van der Waals surface area contributed by atoms with Crippen LogP contribution in [0.5, 0.6) is 0 Å². The third-order valence-electron chi connectivity index (χ3n) is 2.26. The Hall–Kier alpha value is -3.01. The molecule has 0 aliphatic heterocycles. The highest BCUT2D eigenvalue weighted by molar-refractivity contribution is 7.19. The number of aromatic nitrogens is 2. The van der Waals surface area contributed by atoms with Crippen molar-refractivity contribution in [3.05, 3.63) is 35.9 Å². The first-order valence-corrected chi connectivity index (χ1v) is 6.71. The number of anilines is 2. The number of carbonyl (C=O) groups is 3. The highest BCUT2D eigenvalue weighted by Gasteiger charge is 2.15. The average molecular weight is 322 g/mol. The smallest absolute Gasteiger partial charge is 0.413 e. The zero-order valence-electron chi connectivity index (χ0n) is 11.0. The van der Waals surface area contributed by atoms with Gasteiger partial charge in [-0.15, -0.1) is 10.2 Å². The number of benzene rings is 1. The molecule has 9 nitrogen and oxygen atoms in total. The monoisotopic (exact) mass is 322 g/mol. The number of hydrogen-bond donors (Lipinski definition) is 3. The highest BCUT2D eigenvalue weighted by atomic mass is 32.1. The van der Waals surface area contributed by atoms with Gasteiger partial charge in [0.25, 0.3) is 0 Å². The Morgan fingerprint density at radius 1 is 1.09 bits per heavy atom. The van der Waals surface area contributed by atoms with Gasteiger partial charge in [-0.25, -0.2) is 9.59 Å². The van der Waals surface area contributed by atoms with E-state index >= 15 is 0 Å². The van der Waals surface area contributed by atoms with Crippen LogP contribution in [0.15, 0.2) is 30.3 Å². The molecular weight excluding hydrogens is 312 g/mol. The van der Waals surface area contributed by atoms with Crippen molar-refractivity contribution >= 4 is 39.6 Å². The van der Waals surface area contributed by atoms with E-state index in [1.54, 1.807) is 12.1 Å². The predicted molar refractivity (Wildman–Crippen MR) is 76.4 cm³/mol. The van der Waals surface area contributed by atoms with Crippen LogP contribution in [0, 0.1) is 0 Å². The molecule has 1 heterocycles. The van der Waals surface area contributed by atoms with Crippen molar-refractivity contribution in [1.82, 2.24) is 10.2 Å². The Morgan fingerprint density at radius 2 is 1.73 bits per heavy atom. The summed E-state index contributed by atoms with van der Waals surface area (Å²) in [6.45, 7) is 0.0914. The number of carboxylic acid groups (broad SMARTS) is 1. The van der Waals surface area contributed by atoms with Gasteiger partial charge in [0.15, 0.2) is 0 Å². The van der Waals surface area contributed by atoms with E-state index in [9.17, 15) is 14.4 Å². The topological polar surface area (TPSA) is 131 Å². The van der Waals surface area contributed by atoms with Crippen molar-refractivity contribution in [1.29, 1.82) is 0 Å². The third kappa shape index (κ3) is 4.52. The molecule has 0 fully saturated rings. The van der Waals surface area contributed by atoms with Gasteiger partial charge in [0.05, 0.1) is 0 Å². The Labute approximate surface area is 127 Å². The average Bonchev–Trinajstić information content (AvgIpc) is 2.93. The lowest BCUT2D eigenvalue weighted by Crippen LogP contribution is -2.21. The fourth-order valence-electron chi connectivity index (χ4n) is 1.32. The fourth-order valence-corrected chi connectivity index (χ4v) is 1.95. The van der Waals surface area contributed by atoms with Crippen LogP contribution in [0.2, 0.25) is 0 Å². The van der Waals surface area contributed by atoms with Gasteiger partial charge in [-0.05, 0) is 5.56 Å². The first-order valence-electron chi connectivity index (χ1n) is 5.90. The second kappa shape index (κ2) is 7.13. The molecule has 2 amide bonds. The van der Waals surface area contributed by atoms with Crippen LogP contribution >= 0.6 is 11.3 Å². The summed E-state index contributed by atoms with van der Waals surface area (Å²) in [6, 6.07) is 9.09. The number of carboxylic acids is 1. The molecule has 0 saturated heterocycles. The molecule has 0 spiro atoms. The molecule has 114 valence electrons. The number of amides is 2. The van der Waals surface area contributed by atoms with E-state index in [0.717, 1.165) is 16.9 Å². The van der Waals surface area contributed by atoms with Crippen LogP contribution in [-0.4, -0.2) is 33.3 Å². The molecule has 0 unspecified atom stereocenters. The molecule has 0 bridgehead atoms. The van der Waals surface area contributed by atoms with Gasteiger partial charge >= 0.3 is 18.0 Å². The summed E-state index contributed by atoms with van der Waals surface area (Å²) in [4.78, 5) is 32.8. The number of rotatable bonds is 4. The first kappa shape index (κ1) is 15.4. The Bertz CT molecular complexity index is 688. The molecule has 2 rings (SSSR count). The lowest BCUT2D eigenvalue weighted by atomic mass is 10.2. The fraction of sp³-hybridized carbons (Fsp3) is 0.0833. The number of nitrogens with zero attached hydrogens (tertiary/aromatic N) is 2. The summed E-state index contributed by atoms with van der Waals surface area (Å²) < 4.78 is 4.97. The summed E-state index contributed by atoms with van der Waals surface area (Å²) in [5.41, 5.74) is 0.823. The summed E-state index contributed by atoms with van der Waals surface area (Å²) >= 11 is 0.799. The van der Waals surface area contributed by atoms with Crippen LogP contribution in [0.1, 0.15) is 5.56 Å². The normalized spacial score (nSPS) is 9.82. The van der Waals surface area contributed by atoms with E-state index in [2.05, 4.69) is 15.5 Å². The number of nitrogens with one attached hydrogen (secondary N) is 2. The molecule has 3 N–H and O–H groups in total. The van der Waals surface area contributed by atoms with E-state index in [1.807, 2.05) is 23.5 Å². The van der Waals surface area contributed by atoms with Crippen molar-refractivity contribution < 1.29 is 24.2 Å². The zero-order valence-corrected chi connectivity index (χ0v) is 11.8. The van der Waals surface area contributed by atoms with Gasteiger partial charge in [0.1, 0.15) is 6.61 Å². The first-order chi connectivity index (χ1) is 10.5. The van der Waals surface area contributed by atoms with Crippen LogP contribution in [0.25, 0.3) is 0 Å². The van der Waals surface area contributed by atoms with Gasteiger partial charge in [-0.3, -0.25) is 15.4 Å². The molecule has 0 atom stereocenters. The zero-order chi connectivity index (χ0) is 15.9. The van der Waals surface area contributed by atoms with Crippen LogP contribution in [0.3, 0.4) is 0 Å². The molecule has 0 saturated carbocycles. The maximum atomic E-state index is 11.5. The number of aliphatic carboxylic acids is 1. The standard InChI is InChI=1S/C12H10N4O5S/c17-8(9(18)19)13-10-15-16-11(22-10)14-12(20)21-6-7-4-2-1-3-5-7/h1-5H,6H2,(H,18,19)(H,13,15,17)(H,14,16,20). The molecule has 1 aromatic heterocycles. The van der Waals surface area contributed by atoms with Gasteiger partial charge in [-0.2, -0.15) is 0 Å². The van der Waals surface area contributed by atoms with Crippen molar-refractivity contribution in [2.45, 2.75) is 6.61 Å². The predicted octanol–water partition coefficient (Wildman–Crippen LogP) is 1.31. The largest absolute Gasteiger partial charge is 0.474 e. The second-order valence-corrected chi connectivity index (χ2v) is 4.84. The number of hydrogen-bond acceptors (Lipinski definition) is 7. The minimum atomic E-state index is -1.65. The van der Waals surface area contributed by atoms with Gasteiger partial charge in [-0.1, -0.05) is 41.7 Å². The third-order valence-corrected chi connectivity index (χ3v) is 3.02.